The molecule has 0 saturated carbocycles. The summed E-state index contributed by atoms with van der Waals surface area (Å²) in [7, 11) is 1.76. The standard InChI is InChI=1S/C17H30N4O3.HI/c1-13(2)16-11-15(24-21-16)12-20-17(18-3)19-7-4-8-23-14-5-9-22-10-6-14;/h11,13-14H,4-10,12H2,1-3H3,(H2,18,19,20);1H. The van der Waals surface area contributed by atoms with Gasteiger partial charge in [0.25, 0.3) is 0 Å². The first-order valence-corrected chi connectivity index (χ1v) is 8.78. The van der Waals surface area contributed by atoms with Crippen LogP contribution in [0.5, 0.6) is 0 Å². The fourth-order valence-electron chi connectivity index (χ4n) is 2.45. The van der Waals surface area contributed by atoms with E-state index >= 15 is 0 Å². The van der Waals surface area contributed by atoms with Crippen LogP contribution in [-0.4, -0.2) is 50.6 Å². The summed E-state index contributed by atoms with van der Waals surface area (Å²) < 4.78 is 16.5. The SMILES string of the molecule is CN=C(NCCCOC1CCOCC1)NCc1cc(C(C)C)no1.I. The van der Waals surface area contributed by atoms with Gasteiger partial charge in [0.05, 0.1) is 18.3 Å². The third-order valence-corrected chi connectivity index (χ3v) is 3.96. The van der Waals surface area contributed by atoms with Crippen molar-refractivity contribution in [2.75, 3.05) is 33.4 Å². The normalized spacial score (nSPS) is 15.9. The van der Waals surface area contributed by atoms with Gasteiger partial charge in [-0.1, -0.05) is 19.0 Å². The van der Waals surface area contributed by atoms with Crippen LogP contribution in [0, 0.1) is 0 Å². The van der Waals surface area contributed by atoms with Crippen molar-refractivity contribution in [3.63, 3.8) is 0 Å². The summed E-state index contributed by atoms with van der Waals surface area (Å²) in [5.41, 5.74) is 0.972. The Morgan fingerprint density at radius 3 is 2.76 bits per heavy atom. The van der Waals surface area contributed by atoms with E-state index in [4.69, 9.17) is 14.0 Å². The minimum atomic E-state index is 0. The van der Waals surface area contributed by atoms with Gasteiger partial charge in [-0.15, -0.1) is 24.0 Å². The molecule has 0 atom stereocenters. The van der Waals surface area contributed by atoms with E-state index in [1.807, 2.05) is 6.07 Å². The molecule has 1 fully saturated rings. The van der Waals surface area contributed by atoms with E-state index < -0.39 is 0 Å². The van der Waals surface area contributed by atoms with Crippen molar-refractivity contribution >= 4 is 29.9 Å². The first-order valence-electron chi connectivity index (χ1n) is 8.78. The summed E-state index contributed by atoms with van der Waals surface area (Å²) in [5.74, 6) is 1.93. The first-order chi connectivity index (χ1) is 11.7. The molecule has 7 nitrogen and oxygen atoms in total. The van der Waals surface area contributed by atoms with E-state index in [0.717, 1.165) is 63.0 Å². The Hall–Kier alpha value is -0.870. The molecule has 0 unspecified atom stereocenters. The van der Waals surface area contributed by atoms with Crippen LogP contribution in [0.2, 0.25) is 0 Å². The average molecular weight is 466 g/mol. The number of guanidine groups is 1. The molecule has 2 N–H and O–H groups in total. The van der Waals surface area contributed by atoms with Gasteiger partial charge < -0.3 is 24.6 Å². The summed E-state index contributed by atoms with van der Waals surface area (Å²) in [5, 5.41) is 10.6. The zero-order valence-corrected chi connectivity index (χ0v) is 17.7. The van der Waals surface area contributed by atoms with Gasteiger partial charge in [0.2, 0.25) is 0 Å². The number of hydrogen-bond donors (Lipinski definition) is 2. The number of rotatable bonds is 8. The second-order valence-corrected chi connectivity index (χ2v) is 6.26. The monoisotopic (exact) mass is 466 g/mol. The van der Waals surface area contributed by atoms with Gasteiger partial charge >= 0.3 is 0 Å². The minimum Gasteiger partial charge on any atom is -0.381 e. The molecule has 8 heteroatoms. The van der Waals surface area contributed by atoms with Gasteiger partial charge in [0.1, 0.15) is 0 Å². The van der Waals surface area contributed by atoms with Gasteiger partial charge in [-0.05, 0) is 25.2 Å². The van der Waals surface area contributed by atoms with Crippen molar-refractivity contribution in [3.8, 4) is 0 Å². The Balaban J connectivity index is 0.00000312. The molecule has 0 bridgehead atoms. The van der Waals surface area contributed by atoms with Crippen LogP contribution in [0.3, 0.4) is 0 Å². The van der Waals surface area contributed by atoms with Crippen LogP contribution >= 0.6 is 24.0 Å². The third-order valence-electron chi connectivity index (χ3n) is 3.96. The van der Waals surface area contributed by atoms with E-state index in [1.54, 1.807) is 7.05 Å². The minimum absolute atomic E-state index is 0. The number of hydrogen-bond acceptors (Lipinski definition) is 5. The van der Waals surface area contributed by atoms with E-state index in [0.29, 0.717) is 18.6 Å². The fourth-order valence-corrected chi connectivity index (χ4v) is 2.45. The van der Waals surface area contributed by atoms with Crippen LogP contribution in [0.15, 0.2) is 15.6 Å². The Morgan fingerprint density at radius 1 is 1.36 bits per heavy atom. The maximum absolute atomic E-state index is 5.85. The lowest BCUT2D eigenvalue weighted by atomic mass is 10.1. The molecule has 0 aliphatic carbocycles. The van der Waals surface area contributed by atoms with Crippen LogP contribution < -0.4 is 10.6 Å². The number of aromatic nitrogens is 1. The van der Waals surface area contributed by atoms with Crippen molar-refractivity contribution in [2.24, 2.45) is 4.99 Å². The highest BCUT2D eigenvalue weighted by Crippen LogP contribution is 2.13. The van der Waals surface area contributed by atoms with E-state index in [9.17, 15) is 0 Å². The highest BCUT2D eigenvalue weighted by molar-refractivity contribution is 14.0. The van der Waals surface area contributed by atoms with Crippen LogP contribution in [-0.2, 0) is 16.0 Å². The molecule has 0 amide bonds. The van der Waals surface area contributed by atoms with E-state index in [1.165, 1.54) is 0 Å². The number of halogens is 1. The van der Waals surface area contributed by atoms with Gasteiger partial charge in [-0.2, -0.15) is 0 Å². The van der Waals surface area contributed by atoms with Crippen molar-refractivity contribution in [1.82, 2.24) is 15.8 Å². The largest absolute Gasteiger partial charge is 0.381 e. The molecular formula is C17H31IN4O3. The molecule has 2 heterocycles. The average Bonchev–Trinajstić information content (AvgIpc) is 3.07. The van der Waals surface area contributed by atoms with Gasteiger partial charge in [0, 0.05) is 39.5 Å². The molecular weight excluding hydrogens is 435 g/mol. The Bertz CT molecular complexity index is 502. The van der Waals surface area contributed by atoms with Crippen molar-refractivity contribution in [2.45, 2.75) is 51.7 Å². The van der Waals surface area contributed by atoms with Crippen molar-refractivity contribution in [1.29, 1.82) is 0 Å². The molecule has 1 aromatic rings. The van der Waals surface area contributed by atoms with Crippen LogP contribution in [0.1, 0.15) is 50.5 Å². The lowest BCUT2D eigenvalue weighted by Gasteiger charge is -2.22. The quantitative estimate of drug-likeness (QED) is 0.266. The second kappa shape index (κ2) is 12.5. The fraction of sp³-hybridized carbons (Fsp3) is 0.765. The summed E-state index contributed by atoms with van der Waals surface area (Å²) in [6, 6.07) is 1.98. The van der Waals surface area contributed by atoms with Gasteiger partial charge in [0.15, 0.2) is 11.7 Å². The summed E-state index contributed by atoms with van der Waals surface area (Å²) in [6.07, 6.45) is 3.31. The predicted molar refractivity (Wildman–Crippen MR) is 109 cm³/mol. The van der Waals surface area contributed by atoms with Gasteiger partial charge in [-0.25, -0.2) is 0 Å². The van der Waals surface area contributed by atoms with Crippen LogP contribution in [0.25, 0.3) is 0 Å². The Labute approximate surface area is 167 Å². The highest BCUT2D eigenvalue weighted by Gasteiger charge is 2.13. The first kappa shape index (κ1) is 22.2. The molecule has 25 heavy (non-hydrogen) atoms. The molecule has 0 radical (unpaired) electrons. The molecule has 144 valence electrons. The number of ether oxygens (including phenoxy) is 2. The molecule has 0 spiro atoms. The molecule has 1 aliphatic rings. The smallest absolute Gasteiger partial charge is 0.191 e. The summed E-state index contributed by atoms with van der Waals surface area (Å²) >= 11 is 0. The topological polar surface area (TPSA) is 80.9 Å². The zero-order valence-electron chi connectivity index (χ0n) is 15.4. The lowest BCUT2D eigenvalue weighted by Crippen LogP contribution is -2.37. The number of nitrogens with zero attached hydrogens (tertiary/aromatic N) is 2. The number of aliphatic imine (C=N–C) groups is 1. The molecule has 1 aromatic heterocycles. The molecule has 1 saturated heterocycles. The maximum atomic E-state index is 5.85. The number of nitrogens with one attached hydrogen (secondary N) is 2. The lowest BCUT2D eigenvalue weighted by molar-refractivity contribution is -0.0320. The summed E-state index contributed by atoms with van der Waals surface area (Å²) in [6.45, 7) is 7.97. The maximum Gasteiger partial charge on any atom is 0.191 e. The predicted octanol–water partition coefficient (Wildman–Crippen LogP) is 2.67. The highest BCUT2D eigenvalue weighted by atomic mass is 127. The molecule has 0 aromatic carbocycles. The van der Waals surface area contributed by atoms with Crippen molar-refractivity contribution in [3.05, 3.63) is 17.5 Å². The van der Waals surface area contributed by atoms with Gasteiger partial charge in [-0.3, -0.25) is 4.99 Å². The van der Waals surface area contributed by atoms with E-state index in [-0.39, 0.29) is 24.0 Å². The third kappa shape index (κ3) is 8.37. The Kier molecular flexibility index (Phi) is 11.1. The van der Waals surface area contributed by atoms with Crippen molar-refractivity contribution < 1.29 is 14.0 Å². The Morgan fingerprint density at radius 2 is 2.12 bits per heavy atom. The zero-order chi connectivity index (χ0) is 17.2. The van der Waals surface area contributed by atoms with E-state index in [2.05, 4.69) is 34.6 Å². The molecule has 2 rings (SSSR count). The van der Waals surface area contributed by atoms with Crippen LogP contribution in [0.4, 0.5) is 0 Å². The molecule has 1 aliphatic heterocycles. The summed E-state index contributed by atoms with van der Waals surface area (Å²) in [4.78, 5) is 4.21. The second-order valence-electron chi connectivity index (χ2n) is 6.26.